The van der Waals surface area contributed by atoms with Crippen molar-refractivity contribution < 1.29 is 14.7 Å². The molecule has 0 spiro atoms. The van der Waals surface area contributed by atoms with E-state index in [9.17, 15) is 14.7 Å². The van der Waals surface area contributed by atoms with Gasteiger partial charge in [0.15, 0.2) is 11.5 Å². The van der Waals surface area contributed by atoms with E-state index < -0.39 is 11.5 Å². The first-order valence-corrected chi connectivity index (χ1v) is 4.41. The van der Waals surface area contributed by atoms with Crippen LogP contribution in [0.2, 0.25) is 0 Å². The minimum atomic E-state index is -0.528. The molecule has 1 aromatic rings. The summed E-state index contributed by atoms with van der Waals surface area (Å²) >= 11 is 0. The number of aliphatic hydroxyl groups is 1. The Balaban J connectivity index is 2.73. The molecule has 15 heavy (non-hydrogen) atoms. The number of hydrogen-bond acceptors (Lipinski definition) is 3. The minimum absolute atomic E-state index is 0.0290. The topological polar surface area (TPSA) is 54.4 Å². The summed E-state index contributed by atoms with van der Waals surface area (Å²) in [5.74, 6) is -1.41. The van der Waals surface area contributed by atoms with Gasteiger partial charge >= 0.3 is 0 Å². The van der Waals surface area contributed by atoms with Crippen molar-refractivity contribution in [2.75, 3.05) is 0 Å². The van der Waals surface area contributed by atoms with Crippen LogP contribution in [0.1, 0.15) is 20.7 Å². The van der Waals surface area contributed by atoms with Crippen LogP contribution >= 0.6 is 0 Å². The van der Waals surface area contributed by atoms with Crippen LogP contribution < -0.4 is 0 Å². The molecule has 1 N–H and O–H groups in total. The third-order valence-electron chi connectivity index (χ3n) is 2.34. The number of hydrogen-bond donors (Lipinski definition) is 1. The molecule has 1 aliphatic rings. The van der Waals surface area contributed by atoms with E-state index in [2.05, 4.69) is 6.58 Å². The molecule has 0 fully saturated rings. The van der Waals surface area contributed by atoms with Gasteiger partial charge in [-0.3, -0.25) is 9.59 Å². The highest BCUT2D eigenvalue weighted by Gasteiger charge is 2.29. The summed E-state index contributed by atoms with van der Waals surface area (Å²) in [4.78, 5) is 23.4. The van der Waals surface area contributed by atoms with Gasteiger partial charge in [0.2, 0.25) is 5.78 Å². The molecule has 0 heterocycles. The van der Waals surface area contributed by atoms with E-state index >= 15 is 0 Å². The van der Waals surface area contributed by atoms with Crippen molar-refractivity contribution in [3.63, 3.8) is 0 Å². The van der Waals surface area contributed by atoms with Crippen LogP contribution in [0.3, 0.4) is 0 Å². The number of allylic oxidation sites excluding steroid dienone is 3. The number of rotatable bonds is 1. The van der Waals surface area contributed by atoms with Crippen molar-refractivity contribution in [2.45, 2.75) is 0 Å². The Kier molecular flexibility index (Phi) is 2.01. The highest BCUT2D eigenvalue weighted by Crippen LogP contribution is 2.25. The minimum Gasteiger partial charge on any atom is -0.504 e. The number of ketones is 2. The Morgan fingerprint density at radius 3 is 2.13 bits per heavy atom. The monoisotopic (exact) mass is 200 g/mol. The van der Waals surface area contributed by atoms with Crippen LogP contribution in [0.25, 0.3) is 0 Å². The van der Waals surface area contributed by atoms with E-state index in [0.29, 0.717) is 5.56 Å². The van der Waals surface area contributed by atoms with Crippen LogP contribution in [-0.4, -0.2) is 16.7 Å². The van der Waals surface area contributed by atoms with Crippen molar-refractivity contribution in [3.05, 3.63) is 59.4 Å². The van der Waals surface area contributed by atoms with Gasteiger partial charge in [0, 0.05) is 11.1 Å². The second kappa shape index (κ2) is 3.20. The molecule has 3 heteroatoms. The molecule has 3 nitrogen and oxygen atoms in total. The summed E-state index contributed by atoms with van der Waals surface area (Å²) in [7, 11) is 0. The Labute approximate surface area is 86.4 Å². The van der Waals surface area contributed by atoms with Gasteiger partial charge in [-0.05, 0) is 0 Å². The predicted octanol–water partition coefficient (Wildman–Crippen LogP) is 2.06. The zero-order valence-electron chi connectivity index (χ0n) is 7.86. The van der Waals surface area contributed by atoms with Crippen molar-refractivity contribution in [1.29, 1.82) is 0 Å². The number of benzene rings is 1. The molecule has 74 valence electrons. The van der Waals surface area contributed by atoms with Gasteiger partial charge in [-0.2, -0.15) is 0 Å². The van der Waals surface area contributed by atoms with E-state index in [0.717, 1.165) is 0 Å². The van der Waals surface area contributed by atoms with Crippen LogP contribution in [0.15, 0.2) is 48.3 Å². The lowest BCUT2D eigenvalue weighted by molar-refractivity contribution is 0.0932. The van der Waals surface area contributed by atoms with E-state index in [1.54, 1.807) is 18.2 Å². The molecule has 0 saturated heterocycles. The summed E-state index contributed by atoms with van der Waals surface area (Å²) in [6.45, 7) is 3.40. The quantitative estimate of drug-likeness (QED) is 0.754. The molecule has 0 atom stereocenters. The zero-order chi connectivity index (χ0) is 11.0. The van der Waals surface area contributed by atoms with Crippen molar-refractivity contribution >= 4 is 11.6 Å². The lowest BCUT2D eigenvalue weighted by Crippen LogP contribution is -2.20. The van der Waals surface area contributed by atoms with Gasteiger partial charge in [0.25, 0.3) is 0 Å². The second-order valence-corrected chi connectivity index (χ2v) is 3.17. The van der Waals surface area contributed by atoms with Gasteiger partial charge < -0.3 is 5.11 Å². The van der Waals surface area contributed by atoms with Crippen LogP contribution in [-0.2, 0) is 0 Å². The Morgan fingerprint density at radius 1 is 1.07 bits per heavy atom. The average molecular weight is 200 g/mol. The third-order valence-corrected chi connectivity index (χ3v) is 2.34. The van der Waals surface area contributed by atoms with Crippen molar-refractivity contribution in [1.82, 2.24) is 0 Å². The van der Waals surface area contributed by atoms with Crippen LogP contribution in [0, 0.1) is 0 Å². The molecular weight excluding hydrogens is 192 g/mol. The molecule has 1 aromatic carbocycles. The van der Waals surface area contributed by atoms with Gasteiger partial charge in [0.1, 0.15) is 0 Å². The van der Waals surface area contributed by atoms with Gasteiger partial charge in [0.05, 0.1) is 5.57 Å². The molecule has 2 rings (SSSR count). The molecule has 1 aliphatic carbocycles. The summed E-state index contributed by atoms with van der Waals surface area (Å²) in [5.41, 5.74) is 0.527. The maximum atomic E-state index is 11.8. The largest absolute Gasteiger partial charge is 0.504 e. The molecule has 0 bridgehead atoms. The average Bonchev–Trinajstić information content (AvgIpc) is 2.27. The molecular formula is C12H8O3. The standard InChI is InChI=1S/C12H8O3/c1-2-7-10(13)8-5-3-4-6-9(8)12(15)11(7)14/h2-6,14H,1H2. The van der Waals surface area contributed by atoms with E-state index in [-0.39, 0.29) is 16.9 Å². The van der Waals surface area contributed by atoms with Crippen molar-refractivity contribution in [2.24, 2.45) is 0 Å². The first-order valence-electron chi connectivity index (χ1n) is 4.41. The normalized spacial score (nSPS) is 15.2. The first-order chi connectivity index (χ1) is 7.16. The maximum absolute atomic E-state index is 11.8. The summed E-state index contributed by atoms with van der Waals surface area (Å²) in [5, 5.41) is 9.49. The number of carbonyl (C=O) groups is 2. The van der Waals surface area contributed by atoms with Gasteiger partial charge in [-0.15, -0.1) is 0 Å². The Morgan fingerprint density at radius 2 is 1.60 bits per heavy atom. The van der Waals surface area contributed by atoms with E-state index in [1.807, 2.05) is 0 Å². The predicted molar refractivity (Wildman–Crippen MR) is 55.0 cm³/mol. The highest BCUT2D eigenvalue weighted by molar-refractivity contribution is 6.26. The zero-order valence-corrected chi connectivity index (χ0v) is 7.86. The fourth-order valence-corrected chi connectivity index (χ4v) is 1.57. The number of aliphatic hydroxyl groups excluding tert-OH is 1. The highest BCUT2D eigenvalue weighted by atomic mass is 16.3. The SMILES string of the molecule is C=CC1=C(O)C(=O)c2ccccc2C1=O. The Bertz CT molecular complexity index is 509. The van der Waals surface area contributed by atoms with Crippen LogP contribution in [0.4, 0.5) is 0 Å². The Hall–Kier alpha value is -2.16. The molecule has 0 amide bonds. The first kappa shape index (κ1) is 9.40. The fourth-order valence-electron chi connectivity index (χ4n) is 1.57. The van der Waals surface area contributed by atoms with E-state index in [1.165, 1.54) is 12.1 Å². The fraction of sp³-hybridized carbons (Fsp3) is 0. The number of carbonyl (C=O) groups excluding carboxylic acids is 2. The summed E-state index contributed by atoms with van der Waals surface area (Å²) in [6.07, 6.45) is 1.20. The molecule has 0 aliphatic heterocycles. The third kappa shape index (κ3) is 1.21. The molecule has 0 radical (unpaired) electrons. The smallest absolute Gasteiger partial charge is 0.228 e. The molecule has 0 aromatic heterocycles. The van der Waals surface area contributed by atoms with Crippen molar-refractivity contribution in [3.8, 4) is 0 Å². The van der Waals surface area contributed by atoms with Crippen LogP contribution in [0.5, 0.6) is 0 Å². The summed E-state index contributed by atoms with van der Waals surface area (Å²) < 4.78 is 0. The van der Waals surface area contributed by atoms with Gasteiger partial charge in [-0.25, -0.2) is 0 Å². The lowest BCUT2D eigenvalue weighted by atomic mass is 9.88. The number of fused-ring (bicyclic) bond motifs is 1. The number of Topliss-reactive ketones (excluding diaryl/α,β-unsaturated/α-hetero) is 2. The van der Waals surface area contributed by atoms with Gasteiger partial charge in [-0.1, -0.05) is 36.9 Å². The summed E-state index contributed by atoms with van der Waals surface area (Å²) in [6, 6.07) is 6.40. The lowest BCUT2D eigenvalue weighted by Gasteiger charge is -2.14. The molecule has 0 unspecified atom stereocenters. The second-order valence-electron chi connectivity index (χ2n) is 3.17. The van der Waals surface area contributed by atoms with E-state index in [4.69, 9.17) is 0 Å². The molecule has 0 saturated carbocycles. The maximum Gasteiger partial charge on any atom is 0.228 e.